The zero-order valence-corrected chi connectivity index (χ0v) is 13.0. The van der Waals surface area contributed by atoms with Gasteiger partial charge in [-0.15, -0.1) is 0 Å². The Labute approximate surface area is 121 Å². The number of nitrogens with one attached hydrogen (secondary N) is 1. The van der Waals surface area contributed by atoms with Crippen LogP contribution in [0.25, 0.3) is 0 Å². The van der Waals surface area contributed by atoms with Crippen LogP contribution in [0.4, 0.5) is 0 Å². The van der Waals surface area contributed by atoms with Crippen molar-refractivity contribution >= 4 is 15.9 Å². The van der Waals surface area contributed by atoms with Gasteiger partial charge in [-0.3, -0.25) is 0 Å². The molecule has 0 aliphatic heterocycles. The zero-order chi connectivity index (χ0) is 13.8. The summed E-state index contributed by atoms with van der Waals surface area (Å²) in [5.41, 5.74) is 2.26. The molecule has 0 aliphatic carbocycles. The maximum atomic E-state index is 5.96. The van der Waals surface area contributed by atoms with Crippen LogP contribution in [0.15, 0.2) is 29.0 Å². The highest BCUT2D eigenvalue weighted by atomic mass is 79.9. The molecule has 0 atom stereocenters. The molecule has 1 aromatic carbocycles. The second kappa shape index (κ2) is 6.21. The molecule has 0 aliphatic rings. The molecule has 2 aromatic rings. The van der Waals surface area contributed by atoms with Gasteiger partial charge in [0.15, 0.2) is 0 Å². The Bertz CT molecular complexity index is 566. The van der Waals surface area contributed by atoms with E-state index in [0.717, 1.165) is 33.7 Å². The molecule has 0 unspecified atom stereocenters. The molecular weight excluding hydrogens is 306 g/mol. The molecule has 4 nitrogen and oxygen atoms in total. The van der Waals surface area contributed by atoms with E-state index in [1.165, 1.54) is 0 Å². The van der Waals surface area contributed by atoms with Gasteiger partial charge in [0, 0.05) is 36.0 Å². The summed E-state index contributed by atoms with van der Waals surface area (Å²) in [6.07, 6.45) is 3.70. The van der Waals surface area contributed by atoms with Crippen LogP contribution >= 0.6 is 15.9 Å². The minimum absolute atomic E-state index is 0.475. The molecule has 0 saturated carbocycles. The lowest BCUT2D eigenvalue weighted by Crippen LogP contribution is -2.10. The summed E-state index contributed by atoms with van der Waals surface area (Å²) in [4.78, 5) is 4.27. The summed E-state index contributed by atoms with van der Waals surface area (Å²) in [7, 11) is 3.90. The maximum Gasteiger partial charge on any atom is 0.146 e. The smallest absolute Gasteiger partial charge is 0.146 e. The number of nitrogens with zero attached hydrogens (tertiary/aromatic N) is 2. The second-order valence-electron chi connectivity index (χ2n) is 4.48. The predicted molar refractivity (Wildman–Crippen MR) is 79.2 cm³/mol. The third-order valence-corrected chi connectivity index (χ3v) is 3.41. The number of ether oxygens (including phenoxy) is 1. The topological polar surface area (TPSA) is 39.1 Å². The van der Waals surface area contributed by atoms with E-state index in [9.17, 15) is 0 Å². The van der Waals surface area contributed by atoms with Crippen molar-refractivity contribution in [1.82, 2.24) is 14.9 Å². The molecule has 102 valence electrons. The van der Waals surface area contributed by atoms with Crippen LogP contribution in [-0.2, 0) is 20.2 Å². The lowest BCUT2D eigenvalue weighted by atomic mass is 10.1. The van der Waals surface area contributed by atoms with E-state index in [2.05, 4.69) is 45.3 Å². The van der Waals surface area contributed by atoms with Crippen LogP contribution < -0.4 is 10.1 Å². The first-order valence-electron chi connectivity index (χ1n) is 6.14. The average molecular weight is 324 g/mol. The van der Waals surface area contributed by atoms with Crippen LogP contribution in [0.1, 0.15) is 17.0 Å². The van der Waals surface area contributed by atoms with Crippen LogP contribution in [0, 0.1) is 6.92 Å². The normalized spacial score (nSPS) is 10.7. The first-order valence-corrected chi connectivity index (χ1v) is 6.93. The zero-order valence-electron chi connectivity index (χ0n) is 11.4. The fourth-order valence-corrected chi connectivity index (χ4v) is 2.62. The van der Waals surface area contributed by atoms with Crippen molar-refractivity contribution in [2.24, 2.45) is 7.05 Å². The third kappa shape index (κ3) is 3.36. The van der Waals surface area contributed by atoms with E-state index >= 15 is 0 Å². The molecule has 0 fully saturated rings. The van der Waals surface area contributed by atoms with Gasteiger partial charge in [-0.25, -0.2) is 4.98 Å². The van der Waals surface area contributed by atoms with Gasteiger partial charge in [0.1, 0.15) is 18.2 Å². The quantitative estimate of drug-likeness (QED) is 0.919. The van der Waals surface area contributed by atoms with Crippen molar-refractivity contribution in [3.05, 3.63) is 46.0 Å². The Morgan fingerprint density at radius 2 is 2.21 bits per heavy atom. The Hall–Kier alpha value is -1.33. The largest absolute Gasteiger partial charge is 0.485 e. The van der Waals surface area contributed by atoms with Crippen LogP contribution in [0.5, 0.6) is 5.75 Å². The maximum absolute atomic E-state index is 5.96. The number of hydrogen-bond acceptors (Lipinski definition) is 3. The molecule has 5 heteroatoms. The van der Waals surface area contributed by atoms with Crippen molar-refractivity contribution in [1.29, 1.82) is 0 Å². The van der Waals surface area contributed by atoms with Gasteiger partial charge in [-0.1, -0.05) is 15.9 Å². The Balaban J connectivity index is 2.21. The van der Waals surface area contributed by atoms with E-state index in [1.807, 2.05) is 24.9 Å². The van der Waals surface area contributed by atoms with Crippen LogP contribution in [-0.4, -0.2) is 16.6 Å². The summed E-state index contributed by atoms with van der Waals surface area (Å²) in [6, 6.07) is 4.14. The summed E-state index contributed by atoms with van der Waals surface area (Å²) in [5.74, 6) is 1.85. The fourth-order valence-electron chi connectivity index (χ4n) is 2.00. The van der Waals surface area contributed by atoms with Crippen molar-refractivity contribution in [2.75, 3.05) is 7.05 Å². The summed E-state index contributed by atoms with van der Waals surface area (Å²) in [5, 5.41) is 3.16. The highest BCUT2D eigenvalue weighted by Gasteiger charge is 2.10. The highest BCUT2D eigenvalue weighted by molar-refractivity contribution is 9.10. The number of hydrogen-bond donors (Lipinski definition) is 1. The van der Waals surface area contributed by atoms with Gasteiger partial charge in [0.2, 0.25) is 0 Å². The number of rotatable bonds is 5. The van der Waals surface area contributed by atoms with Gasteiger partial charge in [0.25, 0.3) is 0 Å². The predicted octanol–water partition coefficient (Wildman–Crippen LogP) is 2.79. The Morgan fingerprint density at radius 3 is 2.84 bits per heavy atom. The first kappa shape index (κ1) is 14.1. The molecule has 1 N–H and O–H groups in total. The average Bonchev–Trinajstić information content (AvgIpc) is 2.74. The van der Waals surface area contributed by atoms with E-state index in [-0.39, 0.29) is 0 Å². The number of imidazole rings is 1. The lowest BCUT2D eigenvalue weighted by Gasteiger charge is -2.14. The monoisotopic (exact) mass is 323 g/mol. The third-order valence-electron chi connectivity index (χ3n) is 2.95. The first-order chi connectivity index (χ1) is 9.11. The van der Waals surface area contributed by atoms with Crippen molar-refractivity contribution in [2.45, 2.75) is 20.1 Å². The molecule has 19 heavy (non-hydrogen) atoms. The standard InChI is InChI=1S/C14H18BrN3O/c1-10-6-12(15)7-11(8-16-2)14(10)19-9-13-17-4-5-18(13)3/h4-7,16H,8-9H2,1-3H3. The molecule has 1 aromatic heterocycles. The summed E-state index contributed by atoms with van der Waals surface area (Å²) in [6.45, 7) is 3.30. The van der Waals surface area contributed by atoms with Gasteiger partial charge in [0.05, 0.1) is 0 Å². The van der Waals surface area contributed by atoms with E-state index in [4.69, 9.17) is 4.74 Å². The van der Waals surface area contributed by atoms with E-state index in [1.54, 1.807) is 6.20 Å². The number of aromatic nitrogens is 2. The summed E-state index contributed by atoms with van der Waals surface area (Å²) >= 11 is 3.52. The molecular formula is C14H18BrN3O. The van der Waals surface area contributed by atoms with E-state index < -0.39 is 0 Å². The van der Waals surface area contributed by atoms with Gasteiger partial charge >= 0.3 is 0 Å². The molecule has 2 rings (SSSR count). The highest BCUT2D eigenvalue weighted by Crippen LogP contribution is 2.28. The number of halogens is 1. The SMILES string of the molecule is CNCc1cc(Br)cc(C)c1OCc1nccn1C. The Kier molecular flexibility index (Phi) is 4.61. The molecule has 0 saturated heterocycles. The van der Waals surface area contributed by atoms with Crippen molar-refractivity contribution in [3.63, 3.8) is 0 Å². The van der Waals surface area contributed by atoms with Crippen LogP contribution in [0.2, 0.25) is 0 Å². The second-order valence-corrected chi connectivity index (χ2v) is 5.40. The fraction of sp³-hybridized carbons (Fsp3) is 0.357. The van der Waals surface area contributed by atoms with Gasteiger partial charge in [-0.05, 0) is 31.7 Å². The minimum Gasteiger partial charge on any atom is -0.485 e. The van der Waals surface area contributed by atoms with Gasteiger partial charge in [-0.2, -0.15) is 0 Å². The summed E-state index contributed by atoms with van der Waals surface area (Å²) < 4.78 is 8.99. The van der Waals surface area contributed by atoms with Crippen LogP contribution in [0.3, 0.4) is 0 Å². The van der Waals surface area contributed by atoms with Crippen molar-refractivity contribution in [3.8, 4) is 5.75 Å². The lowest BCUT2D eigenvalue weighted by molar-refractivity contribution is 0.286. The molecule has 1 heterocycles. The number of benzene rings is 1. The van der Waals surface area contributed by atoms with Crippen molar-refractivity contribution < 1.29 is 4.74 Å². The van der Waals surface area contributed by atoms with Gasteiger partial charge < -0.3 is 14.6 Å². The van der Waals surface area contributed by atoms with E-state index in [0.29, 0.717) is 6.61 Å². The molecule has 0 radical (unpaired) electrons. The molecule has 0 bridgehead atoms. The molecule has 0 amide bonds. The minimum atomic E-state index is 0.475. The molecule has 0 spiro atoms. The Morgan fingerprint density at radius 1 is 1.42 bits per heavy atom. The number of aryl methyl sites for hydroxylation is 2.